The average molecular weight is 368 g/mol. The van der Waals surface area contributed by atoms with E-state index in [1.54, 1.807) is 29.2 Å². The van der Waals surface area contributed by atoms with Crippen LogP contribution < -0.4 is 10.1 Å². The summed E-state index contributed by atoms with van der Waals surface area (Å²) in [4.78, 5) is 37.3. The van der Waals surface area contributed by atoms with Gasteiger partial charge in [-0.15, -0.1) is 0 Å². The molecule has 0 bridgehead atoms. The van der Waals surface area contributed by atoms with Crippen LogP contribution in [0.25, 0.3) is 0 Å². The van der Waals surface area contributed by atoms with E-state index in [4.69, 9.17) is 4.74 Å². The lowest BCUT2D eigenvalue weighted by molar-refractivity contribution is -0.133. The lowest BCUT2D eigenvalue weighted by atomic mass is 10.1. The first kappa shape index (κ1) is 20.2. The SMILES string of the molecule is CCN(Cc1ccccc1)C(=O)CNC(=O)COc1cccc(C(C)=O)c1. The van der Waals surface area contributed by atoms with Gasteiger partial charge in [-0.3, -0.25) is 14.4 Å². The lowest BCUT2D eigenvalue weighted by Gasteiger charge is -2.21. The molecule has 1 N–H and O–H groups in total. The summed E-state index contributed by atoms with van der Waals surface area (Å²) in [6.45, 7) is 4.11. The van der Waals surface area contributed by atoms with Crippen LogP contribution in [0.1, 0.15) is 29.8 Å². The minimum Gasteiger partial charge on any atom is -0.484 e. The zero-order valence-electron chi connectivity index (χ0n) is 15.6. The van der Waals surface area contributed by atoms with Crippen LogP contribution in [-0.2, 0) is 16.1 Å². The molecular formula is C21H24N2O4. The highest BCUT2D eigenvalue weighted by Gasteiger charge is 2.13. The van der Waals surface area contributed by atoms with E-state index in [0.29, 0.717) is 24.4 Å². The molecule has 0 atom stereocenters. The van der Waals surface area contributed by atoms with Gasteiger partial charge in [-0.2, -0.15) is 0 Å². The Labute approximate surface area is 159 Å². The molecule has 142 valence electrons. The Bertz CT molecular complexity index is 790. The van der Waals surface area contributed by atoms with Crippen molar-refractivity contribution in [1.82, 2.24) is 10.2 Å². The Morgan fingerprint density at radius 3 is 2.44 bits per heavy atom. The van der Waals surface area contributed by atoms with E-state index < -0.39 is 5.91 Å². The average Bonchev–Trinajstić information content (AvgIpc) is 2.69. The minimum absolute atomic E-state index is 0.0754. The van der Waals surface area contributed by atoms with Crippen LogP contribution >= 0.6 is 0 Å². The van der Waals surface area contributed by atoms with Gasteiger partial charge in [0.1, 0.15) is 5.75 Å². The third-order valence-electron chi connectivity index (χ3n) is 4.00. The number of Topliss-reactive ketones (excluding diaryl/α,β-unsaturated/α-hetero) is 1. The van der Waals surface area contributed by atoms with Crippen LogP contribution in [0.5, 0.6) is 5.75 Å². The molecule has 27 heavy (non-hydrogen) atoms. The highest BCUT2D eigenvalue weighted by Crippen LogP contribution is 2.13. The molecule has 0 fully saturated rings. The van der Waals surface area contributed by atoms with E-state index in [2.05, 4.69) is 5.32 Å². The van der Waals surface area contributed by atoms with Crippen LogP contribution in [0.4, 0.5) is 0 Å². The summed E-state index contributed by atoms with van der Waals surface area (Å²) in [7, 11) is 0. The van der Waals surface area contributed by atoms with Crippen molar-refractivity contribution in [2.24, 2.45) is 0 Å². The zero-order chi connectivity index (χ0) is 19.6. The van der Waals surface area contributed by atoms with Crippen LogP contribution in [-0.4, -0.2) is 42.2 Å². The molecule has 0 spiro atoms. The smallest absolute Gasteiger partial charge is 0.258 e. The molecular weight excluding hydrogens is 344 g/mol. The Kier molecular flexibility index (Phi) is 7.55. The van der Waals surface area contributed by atoms with Gasteiger partial charge in [-0.05, 0) is 31.5 Å². The van der Waals surface area contributed by atoms with Gasteiger partial charge in [-0.1, -0.05) is 42.5 Å². The molecule has 0 saturated heterocycles. The molecule has 0 aromatic heterocycles. The molecule has 2 aromatic carbocycles. The van der Waals surface area contributed by atoms with E-state index in [-0.39, 0.29) is 24.8 Å². The standard InChI is InChI=1S/C21H24N2O4/c1-3-23(14-17-8-5-4-6-9-17)21(26)13-22-20(25)15-27-19-11-7-10-18(12-19)16(2)24/h4-12H,3,13-15H2,1-2H3,(H,22,25). The van der Waals surface area contributed by atoms with E-state index in [9.17, 15) is 14.4 Å². The largest absolute Gasteiger partial charge is 0.484 e. The molecule has 2 rings (SSSR count). The molecule has 0 unspecified atom stereocenters. The fourth-order valence-corrected chi connectivity index (χ4v) is 2.47. The number of carbonyl (C=O) groups is 3. The van der Waals surface area contributed by atoms with Crippen molar-refractivity contribution in [1.29, 1.82) is 0 Å². The molecule has 2 aromatic rings. The number of ketones is 1. The predicted octanol–water partition coefficient (Wildman–Crippen LogP) is 2.43. The molecule has 0 radical (unpaired) electrons. The Balaban J connectivity index is 1.79. The third kappa shape index (κ3) is 6.58. The summed E-state index contributed by atoms with van der Waals surface area (Å²) in [5, 5.41) is 2.57. The maximum absolute atomic E-state index is 12.3. The molecule has 0 aliphatic carbocycles. The first-order valence-electron chi connectivity index (χ1n) is 8.81. The Morgan fingerprint density at radius 1 is 1.04 bits per heavy atom. The first-order valence-corrected chi connectivity index (χ1v) is 8.81. The fraction of sp³-hybridized carbons (Fsp3) is 0.286. The molecule has 6 nitrogen and oxygen atoms in total. The van der Waals surface area contributed by atoms with Gasteiger partial charge >= 0.3 is 0 Å². The molecule has 0 aliphatic heterocycles. The summed E-state index contributed by atoms with van der Waals surface area (Å²) < 4.78 is 5.38. The van der Waals surface area contributed by atoms with Gasteiger partial charge < -0.3 is 15.0 Å². The number of nitrogens with zero attached hydrogens (tertiary/aromatic N) is 1. The number of benzene rings is 2. The number of likely N-dealkylation sites (N-methyl/N-ethyl adjacent to an activating group) is 1. The van der Waals surface area contributed by atoms with Crippen LogP contribution in [0.2, 0.25) is 0 Å². The molecule has 6 heteroatoms. The number of carbonyl (C=O) groups excluding carboxylic acids is 3. The van der Waals surface area contributed by atoms with Crippen molar-refractivity contribution in [3.63, 3.8) is 0 Å². The quantitative estimate of drug-likeness (QED) is 0.690. The predicted molar refractivity (Wildman–Crippen MR) is 102 cm³/mol. The Morgan fingerprint density at radius 2 is 1.78 bits per heavy atom. The van der Waals surface area contributed by atoms with E-state index >= 15 is 0 Å². The topological polar surface area (TPSA) is 75.7 Å². The fourth-order valence-electron chi connectivity index (χ4n) is 2.47. The van der Waals surface area contributed by atoms with Crippen LogP contribution in [0, 0.1) is 0 Å². The normalized spacial score (nSPS) is 10.1. The van der Waals surface area contributed by atoms with Crippen molar-refractivity contribution in [3.05, 3.63) is 65.7 Å². The maximum atomic E-state index is 12.3. The molecule has 2 amide bonds. The first-order chi connectivity index (χ1) is 13.0. The summed E-state index contributed by atoms with van der Waals surface area (Å²) >= 11 is 0. The zero-order valence-corrected chi connectivity index (χ0v) is 15.6. The number of hydrogen-bond donors (Lipinski definition) is 1. The number of rotatable bonds is 9. The van der Waals surface area contributed by atoms with Gasteiger partial charge in [0, 0.05) is 18.7 Å². The van der Waals surface area contributed by atoms with Crippen molar-refractivity contribution >= 4 is 17.6 Å². The maximum Gasteiger partial charge on any atom is 0.258 e. The van der Waals surface area contributed by atoms with Crippen molar-refractivity contribution in [2.45, 2.75) is 20.4 Å². The second-order valence-corrected chi connectivity index (χ2v) is 6.04. The van der Waals surface area contributed by atoms with Crippen molar-refractivity contribution in [3.8, 4) is 5.75 Å². The summed E-state index contributed by atoms with van der Waals surface area (Å²) in [6.07, 6.45) is 0. The Hall–Kier alpha value is -3.15. The highest BCUT2D eigenvalue weighted by atomic mass is 16.5. The van der Waals surface area contributed by atoms with Gasteiger partial charge in [-0.25, -0.2) is 0 Å². The third-order valence-corrected chi connectivity index (χ3v) is 4.00. The van der Waals surface area contributed by atoms with Gasteiger partial charge in [0.25, 0.3) is 5.91 Å². The van der Waals surface area contributed by atoms with E-state index in [0.717, 1.165) is 5.56 Å². The summed E-state index contributed by atoms with van der Waals surface area (Å²) in [5.74, 6) is -0.197. The van der Waals surface area contributed by atoms with Gasteiger partial charge in [0.05, 0.1) is 6.54 Å². The van der Waals surface area contributed by atoms with Crippen LogP contribution in [0.3, 0.4) is 0 Å². The summed E-state index contributed by atoms with van der Waals surface area (Å²) in [5.41, 5.74) is 1.55. The van der Waals surface area contributed by atoms with Crippen LogP contribution in [0.15, 0.2) is 54.6 Å². The van der Waals surface area contributed by atoms with Gasteiger partial charge in [0.2, 0.25) is 5.91 Å². The number of nitrogens with one attached hydrogen (secondary N) is 1. The van der Waals surface area contributed by atoms with Gasteiger partial charge in [0.15, 0.2) is 12.4 Å². The number of amides is 2. The minimum atomic E-state index is -0.396. The molecule has 0 aliphatic rings. The number of hydrogen-bond acceptors (Lipinski definition) is 4. The second-order valence-electron chi connectivity index (χ2n) is 6.04. The molecule has 0 saturated carbocycles. The summed E-state index contributed by atoms with van der Waals surface area (Å²) in [6, 6.07) is 16.3. The highest BCUT2D eigenvalue weighted by molar-refractivity contribution is 5.94. The number of ether oxygens (including phenoxy) is 1. The van der Waals surface area contributed by atoms with E-state index in [1.165, 1.54) is 6.92 Å². The second kappa shape index (κ2) is 10.1. The monoisotopic (exact) mass is 368 g/mol. The molecule has 0 heterocycles. The lowest BCUT2D eigenvalue weighted by Crippen LogP contribution is -2.41. The van der Waals surface area contributed by atoms with Crippen molar-refractivity contribution in [2.75, 3.05) is 19.7 Å². The van der Waals surface area contributed by atoms with Crippen molar-refractivity contribution < 1.29 is 19.1 Å². The van der Waals surface area contributed by atoms with E-state index in [1.807, 2.05) is 37.3 Å².